The lowest BCUT2D eigenvalue weighted by Gasteiger charge is -2.37. The first kappa shape index (κ1) is 12.5. The number of nitrogens with zero attached hydrogens (tertiary/aromatic N) is 1. The Bertz CT molecular complexity index is 465. The third-order valence-corrected chi connectivity index (χ3v) is 4.96. The maximum Gasteiger partial charge on any atom is 0.254 e. The highest BCUT2D eigenvalue weighted by molar-refractivity contribution is 9.09. The van der Waals surface area contributed by atoms with Gasteiger partial charge in [-0.05, 0) is 43.9 Å². The molecule has 0 aromatic heterocycles. The summed E-state index contributed by atoms with van der Waals surface area (Å²) < 4.78 is 0. The largest absolute Gasteiger partial charge is 0.333 e. The topological polar surface area (TPSA) is 20.3 Å². The van der Waals surface area contributed by atoms with Gasteiger partial charge in [0.05, 0.1) is 0 Å². The molecular formula is C14H15BrClNO. The van der Waals surface area contributed by atoms with Crippen molar-refractivity contribution in [1.29, 1.82) is 0 Å². The molecule has 0 aliphatic carbocycles. The zero-order chi connectivity index (χ0) is 12.7. The predicted molar refractivity (Wildman–Crippen MR) is 76.4 cm³/mol. The molecule has 1 aromatic rings. The molecule has 2 saturated heterocycles. The van der Waals surface area contributed by atoms with Gasteiger partial charge in [-0.25, -0.2) is 0 Å². The highest BCUT2D eigenvalue weighted by atomic mass is 79.9. The summed E-state index contributed by atoms with van der Waals surface area (Å²) in [6.07, 6.45) is 4.42. The van der Waals surface area contributed by atoms with Crippen LogP contribution in [0.25, 0.3) is 0 Å². The van der Waals surface area contributed by atoms with Gasteiger partial charge in [-0.3, -0.25) is 4.79 Å². The van der Waals surface area contributed by atoms with Gasteiger partial charge in [-0.2, -0.15) is 0 Å². The molecule has 0 N–H and O–H groups in total. The van der Waals surface area contributed by atoms with E-state index in [-0.39, 0.29) is 5.91 Å². The van der Waals surface area contributed by atoms with Crippen molar-refractivity contribution in [3.05, 3.63) is 34.9 Å². The average molecular weight is 329 g/mol. The van der Waals surface area contributed by atoms with Crippen LogP contribution in [0.2, 0.25) is 5.02 Å². The van der Waals surface area contributed by atoms with E-state index in [1.807, 2.05) is 12.1 Å². The Morgan fingerprint density at radius 2 is 1.94 bits per heavy atom. The number of alkyl halides is 1. The summed E-state index contributed by atoms with van der Waals surface area (Å²) in [5, 5.41) is 0.628. The normalized spacial score (nSPS) is 30.6. The lowest BCUT2D eigenvalue weighted by atomic mass is 10.0. The summed E-state index contributed by atoms with van der Waals surface area (Å²) in [5.41, 5.74) is 0.715. The Morgan fingerprint density at radius 3 is 2.56 bits per heavy atom. The van der Waals surface area contributed by atoms with Crippen molar-refractivity contribution in [2.75, 3.05) is 0 Å². The minimum atomic E-state index is 0.143. The number of carbonyl (C=O) groups excluding carboxylic acids is 1. The minimum absolute atomic E-state index is 0.143. The number of piperidine rings is 1. The molecule has 1 amide bonds. The maximum atomic E-state index is 12.6. The van der Waals surface area contributed by atoms with Crippen molar-refractivity contribution < 1.29 is 4.79 Å². The van der Waals surface area contributed by atoms with Gasteiger partial charge in [-0.15, -0.1) is 0 Å². The Hall–Kier alpha value is -0.540. The van der Waals surface area contributed by atoms with Gasteiger partial charge >= 0.3 is 0 Å². The van der Waals surface area contributed by atoms with Gasteiger partial charge in [-0.1, -0.05) is 33.6 Å². The Balaban J connectivity index is 1.85. The highest BCUT2D eigenvalue weighted by Gasteiger charge is 2.42. The number of amides is 1. The molecule has 96 valence electrons. The summed E-state index contributed by atoms with van der Waals surface area (Å²) in [4.78, 5) is 15.2. The number of benzene rings is 1. The zero-order valence-corrected chi connectivity index (χ0v) is 12.3. The second-order valence-electron chi connectivity index (χ2n) is 5.18. The second-order valence-corrected chi connectivity index (χ2v) is 6.91. The second kappa shape index (κ2) is 4.86. The van der Waals surface area contributed by atoms with E-state index in [1.54, 1.807) is 12.1 Å². The molecule has 2 bridgehead atoms. The third kappa shape index (κ3) is 2.19. The quantitative estimate of drug-likeness (QED) is 0.717. The molecule has 3 rings (SSSR count). The number of rotatable bonds is 1. The molecule has 2 heterocycles. The molecule has 2 aliphatic rings. The Labute approximate surface area is 120 Å². The molecule has 0 radical (unpaired) electrons. The number of halogens is 2. The number of hydrogen-bond donors (Lipinski definition) is 0. The Morgan fingerprint density at radius 1 is 1.28 bits per heavy atom. The first-order valence-electron chi connectivity index (χ1n) is 6.37. The van der Waals surface area contributed by atoms with Gasteiger partial charge in [0.1, 0.15) is 0 Å². The van der Waals surface area contributed by atoms with Crippen LogP contribution in [-0.4, -0.2) is 27.7 Å². The highest BCUT2D eigenvalue weighted by Crippen LogP contribution is 2.39. The van der Waals surface area contributed by atoms with E-state index < -0.39 is 0 Å². The smallest absolute Gasteiger partial charge is 0.254 e. The van der Waals surface area contributed by atoms with Crippen LogP contribution < -0.4 is 0 Å². The van der Waals surface area contributed by atoms with E-state index in [0.717, 1.165) is 25.7 Å². The van der Waals surface area contributed by atoms with Crippen molar-refractivity contribution in [3.63, 3.8) is 0 Å². The van der Waals surface area contributed by atoms with Crippen molar-refractivity contribution in [3.8, 4) is 0 Å². The van der Waals surface area contributed by atoms with E-state index in [0.29, 0.717) is 27.5 Å². The molecule has 1 aromatic carbocycles. The summed E-state index contributed by atoms with van der Waals surface area (Å²) in [7, 11) is 0. The SMILES string of the molecule is O=C(c1cccc(Cl)c1)N1C2CCC1CC(Br)C2. The number of hydrogen-bond acceptors (Lipinski definition) is 1. The standard InChI is InChI=1S/C14H15BrClNO/c15-10-7-12-4-5-13(8-10)17(12)14(18)9-2-1-3-11(16)6-9/h1-3,6,10,12-13H,4-5,7-8H2. The van der Waals surface area contributed by atoms with Crippen LogP contribution in [0, 0.1) is 0 Å². The first-order chi connectivity index (χ1) is 8.65. The lowest BCUT2D eigenvalue weighted by molar-refractivity contribution is 0.0603. The molecule has 2 atom stereocenters. The summed E-state index contributed by atoms with van der Waals surface area (Å²) >= 11 is 9.66. The minimum Gasteiger partial charge on any atom is -0.333 e. The van der Waals surface area contributed by atoms with E-state index in [1.165, 1.54) is 0 Å². The summed E-state index contributed by atoms with van der Waals surface area (Å²) in [6, 6.07) is 8.07. The predicted octanol–water partition coefficient (Wildman–Crippen LogP) is 3.87. The van der Waals surface area contributed by atoms with Crippen LogP contribution in [-0.2, 0) is 0 Å². The van der Waals surface area contributed by atoms with Crippen LogP contribution in [0.15, 0.2) is 24.3 Å². The van der Waals surface area contributed by atoms with E-state index in [4.69, 9.17) is 11.6 Å². The van der Waals surface area contributed by atoms with E-state index in [9.17, 15) is 4.79 Å². The lowest BCUT2D eigenvalue weighted by Crippen LogP contribution is -2.46. The molecule has 2 nitrogen and oxygen atoms in total. The molecule has 4 heteroatoms. The summed E-state index contributed by atoms with van der Waals surface area (Å²) in [6.45, 7) is 0. The monoisotopic (exact) mass is 327 g/mol. The molecule has 18 heavy (non-hydrogen) atoms. The van der Waals surface area contributed by atoms with Crippen LogP contribution in [0.3, 0.4) is 0 Å². The van der Waals surface area contributed by atoms with Crippen LogP contribution >= 0.6 is 27.5 Å². The number of carbonyl (C=O) groups is 1. The zero-order valence-electron chi connectivity index (χ0n) is 9.98. The summed E-state index contributed by atoms with van der Waals surface area (Å²) in [5.74, 6) is 0.143. The molecule has 0 saturated carbocycles. The first-order valence-corrected chi connectivity index (χ1v) is 7.67. The van der Waals surface area contributed by atoms with Crippen molar-refractivity contribution in [1.82, 2.24) is 4.90 Å². The van der Waals surface area contributed by atoms with Crippen molar-refractivity contribution >= 4 is 33.4 Å². The molecular weight excluding hydrogens is 314 g/mol. The average Bonchev–Trinajstić information content (AvgIpc) is 2.61. The van der Waals surface area contributed by atoms with Gasteiger partial charge in [0.2, 0.25) is 0 Å². The van der Waals surface area contributed by atoms with E-state index >= 15 is 0 Å². The fraction of sp³-hybridized carbons (Fsp3) is 0.500. The molecule has 2 aliphatic heterocycles. The van der Waals surface area contributed by atoms with Crippen LogP contribution in [0.5, 0.6) is 0 Å². The van der Waals surface area contributed by atoms with Crippen molar-refractivity contribution in [2.45, 2.75) is 42.6 Å². The van der Waals surface area contributed by atoms with Crippen LogP contribution in [0.4, 0.5) is 0 Å². The molecule has 2 fully saturated rings. The van der Waals surface area contributed by atoms with Gasteiger partial charge in [0.15, 0.2) is 0 Å². The number of fused-ring (bicyclic) bond motifs is 2. The van der Waals surface area contributed by atoms with Crippen LogP contribution in [0.1, 0.15) is 36.0 Å². The maximum absolute atomic E-state index is 12.6. The van der Waals surface area contributed by atoms with Gasteiger partial charge in [0, 0.05) is 27.5 Å². The Kier molecular flexibility index (Phi) is 3.37. The molecule has 0 spiro atoms. The fourth-order valence-corrected chi connectivity index (χ4v) is 4.27. The van der Waals surface area contributed by atoms with Gasteiger partial charge < -0.3 is 4.90 Å². The van der Waals surface area contributed by atoms with Crippen molar-refractivity contribution in [2.24, 2.45) is 0 Å². The molecule has 2 unspecified atom stereocenters. The van der Waals surface area contributed by atoms with Gasteiger partial charge in [0.25, 0.3) is 5.91 Å². The van der Waals surface area contributed by atoms with E-state index in [2.05, 4.69) is 20.8 Å². The fourth-order valence-electron chi connectivity index (χ4n) is 3.21. The third-order valence-electron chi connectivity index (χ3n) is 3.98.